The quantitative estimate of drug-likeness (QED) is 0.779. The summed E-state index contributed by atoms with van der Waals surface area (Å²) in [6, 6.07) is 0.345. The van der Waals surface area contributed by atoms with Gasteiger partial charge in [0.2, 0.25) is 0 Å². The van der Waals surface area contributed by atoms with Gasteiger partial charge in [0.1, 0.15) is 0 Å². The molecule has 84 valence electrons. The van der Waals surface area contributed by atoms with E-state index in [1.54, 1.807) is 12.4 Å². The predicted molar refractivity (Wildman–Crippen MR) is 62.5 cm³/mol. The Hall–Kier alpha value is -0.960. The average molecular weight is 207 g/mol. The third-order valence-electron chi connectivity index (χ3n) is 2.56. The van der Waals surface area contributed by atoms with Crippen LogP contribution in [0.25, 0.3) is 0 Å². The van der Waals surface area contributed by atoms with Gasteiger partial charge in [0.15, 0.2) is 0 Å². The molecule has 1 N–H and O–H groups in total. The maximum atomic E-state index is 4.32. The molecule has 1 rings (SSSR count). The molecule has 3 heteroatoms. The fourth-order valence-corrected chi connectivity index (χ4v) is 1.66. The second kappa shape index (κ2) is 6.51. The molecule has 0 bridgehead atoms. The molecule has 0 saturated carbocycles. The summed E-state index contributed by atoms with van der Waals surface area (Å²) < 4.78 is 0. The van der Waals surface area contributed by atoms with Crippen molar-refractivity contribution in [2.45, 2.75) is 39.2 Å². The Kier molecular flexibility index (Phi) is 5.26. The van der Waals surface area contributed by atoms with Crippen molar-refractivity contribution in [1.82, 2.24) is 15.3 Å². The van der Waals surface area contributed by atoms with Crippen LogP contribution in [0.2, 0.25) is 0 Å². The Morgan fingerprint density at radius 2 is 2.07 bits per heavy atom. The van der Waals surface area contributed by atoms with E-state index in [1.807, 2.05) is 13.2 Å². The Morgan fingerprint density at radius 1 is 1.27 bits per heavy atom. The fraction of sp³-hybridized carbons (Fsp3) is 0.667. The Morgan fingerprint density at radius 3 is 2.60 bits per heavy atom. The van der Waals surface area contributed by atoms with Gasteiger partial charge in [0.05, 0.1) is 11.7 Å². The maximum absolute atomic E-state index is 4.32. The molecule has 1 heterocycles. The zero-order valence-corrected chi connectivity index (χ0v) is 9.90. The van der Waals surface area contributed by atoms with Crippen molar-refractivity contribution in [3.05, 3.63) is 24.3 Å². The van der Waals surface area contributed by atoms with Crippen molar-refractivity contribution < 1.29 is 0 Å². The van der Waals surface area contributed by atoms with Gasteiger partial charge in [0.25, 0.3) is 0 Å². The number of nitrogens with zero attached hydrogens (tertiary/aromatic N) is 2. The van der Waals surface area contributed by atoms with Gasteiger partial charge in [-0.25, -0.2) is 0 Å². The molecule has 1 unspecified atom stereocenters. The lowest BCUT2D eigenvalue weighted by Gasteiger charge is -2.15. The van der Waals surface area contributed by atoms with E-state index in [9.17, 15) is 0 Å². The Balaban J connectivity index is 2.43. The van der Waals surface area contributed by atoms with Crippen molar-refractivity contribution >= 4 is 0 Å². The summed E-state index contributed by atoms with van der Waals surface area (Å²) in [7, 11) is 1.98. The smallest absolute Gasteiger partial charge is 0.0755 e. The normalized spacial score (nSPS) is 13.1. The molecule has 0 amide bonds. The molecule has 0 aliphatic heterocycles. The highest BCUT2D eigenvalue weighted by molar-refractivity contribution is 5.01. The van der Waals surface area contributed by atoms with Gasteiger partial charge in [0, 0.05) is 18.6 Å². The van der Waals surface area contributed by atoms with Crippen LogP contribution in [0, 0.1) is 5.92 Å². The van der Waals surface area contributed by atoms with Crippen LogP contribution in [0.4, 0.5) is 0 Å². The molecule has 1 atom stereocenters. The van der Waals surface area contributed by atoms with Gasteiger partial charge < -0.3 is 5.32 Å². The summed E-state index contributed by atoms with van der Waals surface area (Å²) in [6.45, 7) is 4.52. The number of hydrogen-bond acceptors (Lipinski definition) is 3. The lowest BCUT2D eigenvalue weighted by Crippen LogP contribution is -2.17. The zero-order valence-electron chi connectivity index (χ0n) is 9.90. The molecule has 0 radical (unpaired) electrons. The monoisotopic (exact) mass is 207 g/mol. The maximum Gasteiger partial charge on any atom is 0.0755 e. The lowest BCUT2D eigenvalue weighted by atomic mass is 10.0. The molecular weight excluding hydrogens is 186 g/mol. The molecule has 0 saturated heterocycles. The summed E-state index contributed by atoms with van der Waals surface area (Å²) in [6.07, 6.45) is 8.95. The first-order valence-corrected chi connectivity index (χ1v) is 5.67. The van der Waals surface area contributed by atoms with Crippen LogP contribution in [0.1, 0.15) is 44.8 Å². The molecule has 15 heavy (non-hydrogen) atoms. The molecule has 0 aromatic carbocycles. The van der Waals surface area contributed by atoms with Gasteiger partial charge >= 0.3 is 0 Å². The SMILES string of the molecule is CNC(CCCC(C)C)c1cnccn1. The van der Waals surface area contributed by atoms with Crippen LogP contribution in [-0.2, 0) is 0 Å². The Labute approximate surface area is 92.3 Å². The minimum atomic E-state index is 0.345. The van der Waals surface area contributed by atoms with E-state index < -0.39 is 0 Å². The first-order valence-electron chi connectivity index (χ1n) is 5.67. The van der Waals surface area contributed by atoms with Crippen molar-refractivity contribution in [1.29, 1.82) is 0 Å². The highest BCUT2D eigenvalue weighted by Gasteiger charge is 2.10. The number of aromatic nitrogens is 2. The highest BCUT2D eigenvalue weighted by atomic mass is 14.9. The minimum absolute atomic E-state index is 0.345. The zero-order chi connectivity index (χ0) is 11.1. The highest BCUT2D eigenvalue weighted by Crippen LogP contribution is 2.17. The van der Waals surface area contributed by atoms with Crippen LogP contribution in [0.15, 0.2) is 18.6 Å². The first-order chi connectivity index (χ1) is 7.24. The molecule has 1 aromatic heterocycles. The first kappa shape index (κ1) is 12.1. The largest absolute Gasteiger partial charge is 0.312 e. The van der Waals surface area contributed by atoms with Gasteiger partial charge in [-0.1, -0.05) is 26.7 Å². The van der Waals surface area contributed by atoms with E-state index in [-0.39, 0.29) is 0 Å². The number of nitrogens with one attached hydrogen (secondary N) is 1. The van der Waals surface area contributed by atoms with Crippen LogP contribution >= 0.6 is 0 Å². The third-order valence-corrected chi connectivity index (χ3v) is 2.56. The molecule has 0 spiro atoms. The Bertz CT molecular complexity index is 259. The summed E-state index contributed by atoms with van der Waals surface area (Å²) >= 11 is 0. The minimum Gasteiger partial charge on any atom is -0.312 e. The van der Waals surface area contributed by atoms with Crippen molar-refractivity contribution in [3.63, 3.8) is 0 Å². The lowest BCUT2D eigenvalue weighted by molar-refractivity contribution is 0.463. The molecule has 3 nitrogen and oxygen atoms in total. The molecule has 0 aliphatic carbocycles. The van der Waals surface area contributed by atoms with E-state index in [2.05, 4.69) is 29.1 Å². The van der Waals surface area contributed by atoms with E-state index in [0.717, 1.165) is 18.0 Å². The van der Waals surface area contributed by atoms with Crippen LogP contribution < -0.4 is 5.32 Å². The fourth-order valence-electron chi connectivity index (χ4n) is 1.66. The van der Waals surface area contributed by atoms with Crippen LogP contribution in [-0.4, -0.2) is 17.0 Å². The van der Waals surface area contributed by atoms with Crippen molar-refractivity contribution in [3.8, 4) is 0 Å². The average Bonchev–Trinajstić information content (AvgIpc) is 2.25. The third kappa shape index (κ3) is 4.38. The van der Waals surface area contributed by atoms with Gasteiger partial charge in [-0.15, -0.1) is 0 Å². The van der Waals surface area contributed by atoms with E-state index in [0.29, 0.717) is 6.04 Å². The summed E-state index contributed by atoms with van der Waals surface area (Å²) in [5, 5.41) is 3.29. The molecule has 1 aromatic rings. The molecular formula is C12H21N3. The second-order valence-electron chi connectivity index (χ2n) is 4.30. The van der Waals surface area contributed by atoms with Gasteiger partial charge in [-0.3, -0.25) is 9.97 Å². The van der Waals surface area contributed by atoms with Crippen LogP contribution in [0.3, 0.4) is 0 Å². The van der Waals surface area contributed by atoms with Gasteiger partial charge in [-0.05, 0) is 19.4 Å². The van der Waals surface area contributed by atoms with Crippen LogP contribution in [0.5, 0.6) is 0 Å². The summed E-state index contributed by atoms with van der Waals surface area (Å²) in [4.78, 5) is 8.42. The standard InChI is InChI=1S/C12H21N3/c1-10(2)5-4-6-11(13-3)12-9-14-7-8-15-12/h7-11,13H,4-6H2,1-3H3. The summed E-state index contributed by atoms with van der Waals surface area (Å²) in [5.74, 6) is 0.782. The topological polar surface area (TPSA) is 37.8 Å². The molecule has 0 aliphatic rings. The second-order valence-corrected chi connectivity index (χ2v) is 4.30. The summed E-state index contributed by atoms with van der Waals surface area (Å²) in [5.41, 5.74) is 1.05. The van der Waals surface area contributed by atoms with Gasteiger partial charge in [-0.2, -0.15) is 0 Å². The number of rotatable bonds is 6. The van der Waals surface area contributed by atoms with Crippen molar-refractivity contribution in [2.24, 2.45) is 5.92 Å². The number of hydrogen-bond donors (Lipinski definition) is 1. The molecule has 0 fully saturated rings. The van der Waals surface area contributed by atoms with Crippen molar-refractivity contribution in [2.75, 3.05) is 7.05 Å². The van der Waals surface area contributed by atoms with E-state index in [4.69, 9.17) is 0 Å². The predicted octanol–water partition coefficient (Wildman–Crippen LogP) is 2.56. The van der Waals surface area contributed by atoms with E-state index in [1.165, 1.54) is 12.8 Å². The van der Waals surface area contributed by atoms with E-state index >= 15 is 0 Å².